The lowest BCUT2D eigenvalue weighted by Gasteiger charge is -2.15. The van der Waals surface area contributed by atoms with E-state index in [1.807, 2.05) is 18.2 Å². The molecule has 0 aliphatic carbocycles. The zero-order valence-electron chi connectivity index (χ0n) is 11.9. The van der Waals surface area contributed by atoms with Gasteiger partial charge in [0.2, 0.25) is 0 Å². The third kappa shape index (κ3) is 4.26. The molecule has 2 rings (SSSR count). The number of aryl methyl sites for hydroxylation is 1. The van der Waals surface area contributed by atoms with Gasteiger partial charge in [-0.3, -0.25) is 0 Å². The minimum absolute atomic E-state index is 0.211. The van der Waals surface area contributed by atoms with Crippen LogP contribution in [0.25, 0.3) is 0 Å². The summed E-state index contributed by atoms with van der Waals surface area (Å²) in [6, 6.07) is 15.0. The predicted molar refractivity (Wildman–Crippen MR) is 80.8 cm³/mol. The Bertz CT molecular complexity index is 539. The maximum absolute atomic E-state index is 13.1. The highest BCUT2D eigenvalue weighted by Gasteiger charge is 2.04. The van der Waals surface area contributed by atoms with E-state index >= 15 is 0 Å². The quantitative estimate of drug-likeness (QED) is 0.848. The molecule has 0 spiro atoms. The normalized spacial score (nSPS) is 11.9. The van der Waals surface area contributed by atoms with Crippen LogP contribution in [0, 0.1) is 5.82 Å². The van der Waals surface area contributed by atoms with Crippen LogP contribution >= 0.6 is 0 Å². The summed E-state index contributed by atoms with van der Waals surface area (Å²) in [6.07, 6.45) is 1.97. The standard InChI is InChI=1S/C17H20FNO/c1-13(19-16-5-3-4-15(18)12-16)6-7-14-8-10-17(20-2)11-9-14/h3-5,8-13,19H,6-7H2,1-2H3/t13-/m0/s1. The van der Waals surface area contributed by atoms with Crippen molar-refractivity contribution >= 4 is 5.69 Å². The molecule has 0 aromatic heterocycles. The lowest BCUT2D eigenvalue weighted by molar-refractivity contribution is 0.414. The van der Waals surface area contributed by atoms with Crippen molar-refractivity contribution in [2.45, 2.75) is 25.8 Å². The minimum Gasteiger partial charge on any atom is -0.497 e. The van der Waals surface area contributed by atoms with Crippen LogP contribution in [0.1, 0.15) is 18.9 Å². The molecule has 2 nitrogen and oxygen atoms in total. The van der Waals surface area contributed by atoms with Gasteiger partial charge < -0.3 is 10.1 Å². The van der Waals surface area contributed by atoms with Crippen molar-refractivity contribution in [1.29, 1.82) is 0 Å². The van der Waals surface area contributed by atoms with Crippen LogP contribution < -0.4 is 10.1 Å². The number of hydrogen-bond acceptors (Lipinski definition) is 2. The van der Waals surface area contributed by atoms with E-state index < -0.39 is 0 Å². The molecule has 1 atom stereocenters. The van der Waals surface area contributed by atoms with Crippen LogP contribution in [0.2, 0.25) is 0 Å². The number of nitrogens with one attached hydrogen (secondary N) is 1. The highest BCUT2D eigenvalue weighted by Crippen LogP contribution is 2.15. The minimum atomic E-state index is -0.211. The first-order valence-corrected chi connectivity index (χ1v) is 6.82. The van der Waals surface area contributed by atoms with Gasteiger partial charge in [-0.15, -0.1) is 0 Å². The first-order chi connectivity index (χ1) is 9.67. The molecule has 0 aliphatic rings. The average Bonchev–Trinajstić information content (AvgIpc) is 2.46. The molecule has 0 amide bonds. The fraction of sp³-hybridized carbons (Fsp3) is 0.294. The van der Waals surface area contributed by atoms with Gasteiger partial charge >= 0.3 is 0 Å². The third-order valence-electron chi connectivity index (χ3n) is 3.26. The molecule has 3 heteroatoms. The van der Waals surface area contributed by atoms with Gasteiger partial charge in [-0.2, -0.15) is 0 Å². The summed E-state index contributed by atoms with van der Waals surface area (Å²) in [6.45, 7) is 2.11. The van der Waals surface area contributed by atoms with E-state index in [-0.39, 0.29) is 5.82 Å². The number of hydrogen-bond donors (Lipinski definition) is 1. The summed E-state index contributed by atoms with van der Waals surface area (Å²) in [4.78, 5) is 0. The first kappa shape index (κ1) is 14.4. The van der Waals surface area contributed by atoms with E-state index in [2.05, 4.69) is 24.4 Å². The number of rotatable bonds is 6. The topological polar surface area (TPSA) is 21.3 Å². The summed E-state index contributed by atoms with van der Waals surface area (Å²) in [7, 11) is 1.67. The Balaban J connectivity index is 1.83. The SMILES string of the molecule is COc1ccc(CC[C@H](C)Nc2cccc(F)c2)cc1. The van der Waals surface area contributed by atoms with E-state index in [9.17, 15) is 4.39 Å². The molecule has 0 saturated heterocycles. The van der Waals surface area contributed by atoms with Crippen molar-refractivity contribution in [3.05, 3.63) is 59.9 Å². The number of methoxy groups -OCH3 is 1. The highest BCUT2D eigenvalue weighted by molar-refractivity contribution is 5.43. The Morgan fingerprint density at radius 1 is 1.15 bits per heavy atom. The highest BCUT2D eigenvalue weighted by atomic mass is 19.1. The Morgan fingerprint density at radius 3 is 2.55 bits per heavy atom. The largest absolute Gasteiger partial charge is 0.497 e. The summed E-state index contributed by atoms with van der Waals surface area (Å²) < 4.78 is 18.2. The second-order valence-corrected chi connectivity index (χ2v) is 4.94. The Morgan fingerprint density at radius 2 is 1.90 bits per heavy atom. The van der Waals surface area contributed by atoms with Crippen LogP contribution in [0.4, 0.5) is 10.1 Å². The van der Waals surface area contributed by atoms with Crippen LogP contribution in [0.5, 0.6) is 5.75 Å². The number of anilines is 1. The van der Waals surface area contributed by atoms with E-state index in [1.165, 1.54) is 17.7 Å². The van der Waals surface area contributed by atoms with Crippen molar-refractivity contribution in [2.75, 3.05) is 12.4 Å². The zero-order valence-corrected chi connectivity index (χ0v) is 11.9. The molecule has 106 valence electrons. The van der Waals surface area contributed by atoms with Gasteiger partial charge in [0.25, 0.3) is 0 Å². The van der Waals surface area contributed by atoms with Gasteiger partial charge in [-0.25, -0.2) is 4.39 Å². The molecule has 20 heavy (non-hydrogen) atoms. The average molecular weight is 273 g/mol. The van der Waals surface area contributed by atoms with E-state index in [0.29, 0.717) is 6.04 Å². The fourth-order valence-electron chi connectivity index (χ4n) is 2.11. The van der Waals surface area contributed by atoms with Gasteiger partial charge in [0, 0.05) is 11.7 Å². The fourth-order valence-corrected chi connectivity index (χ4v) is 2.11. The Labute approximate surface area is 119 Å². The molecule has 2 aromatic rings. The zero-order chi connectivity index (χ0) is 14.4. The lowest BCUT2D eigenvalue weighted by atomic mass is 10.1. The van der Waals surface area contributed by atoms with Crippen molar-refractivity contribution in [3.63, 3.8) is 0 Å². The van der Waals surface area contributed by atoms with E-state index in [4.69, 9.17) is 4.74 Å². The van der Waals surface area contributed by atoms with Gasteiger partial charge in [0.15, 0.2) is 0 Å². The van der Waals surface area contributed by atoms with Crippen molar-refractivity contribution in [3.8, 4) is 5.75 Å². The van der Waals surface area contributed by atoms with Gasteiger partial charge in [-0.1, -0.05) is 18.2 Å². The van der Waals surface area contributed by atoms with Crippen molar-refractivity contribution in [2.24, 2.45) is 0 Å². The summed E-state index contributed by atoms with van der Waals surface area (Å²) >= 11 is 0. The van der Waals surface area contributed by atoms with E-state index in [0.717, 1.165) is 24.3 Å². The maximum atomic E-state index is 13.1. The summed E-state index contributed by atoms with van der Waals surface area (Å²) in [5.74, 6) is 0.664. The molecule has 1 N–H and O–H groups in total. The van der Waals surface area contributed by atoms with Gasteiger partial charge in [0.05, 0.1) is 7.11 Å². The molecule has 0 saturated carbocycles. The second kappa shape index (κ2) is 6.94. The predicted octanol–water partition coefficient (Wildman–Crippen LogP) is 4.27. The smallest absolute Gasteiger partial charge is 0.125 e. The van der Waals surface area contributed by atoms with Crippen LogP contribution in [-0.2, 0) is 6.42 Å². The summed E-state index contributed by atoms with van der Waals surface area (Å²) in [5.41, 5.74) is 2.10. The van der Waals surface area contributed by atoms with Crippen LogP contribution in [-0.4, -0.2) is 13.2 Å². The maximum Gasteiger partial charge on any atom is 0.125 e. The van der Waals surface area contributed by atoms with Crippen LogP contribution in [0.15, 0.2) is 48.5 Å². The number of benzene rings is 2. The Hall–Kier alpha value is -2.03. The lowest BCUT2D eigenvalue weighted by Crippen LogP contribution is -2.16. The third-order valence-corrected chi connectivity index (χ3v) is 3.26. The van der Waals surface area contributed by atoms with Gasteiger partial charge in [0.1, 0.15) is 11.6 Å². The molecular weight excluding hydrogens is 253 g/mol. The molecular formula is C17H20FNO. The molecule has 0 unspecified atom stereocenters. The van der Waals surface area contributed by atoms with E-state index in [1.54, 1.807) is 13.2 Å². The van der Waals surface area contributed by atoms with Crippen molar-refractivity contribution < 1.29 is 9.13 Å². The first-order valence-electron chi connectivity index (χ1n) is 6.82. The second-order valence-electron chi connectivity index (χ2n) is 4.94. The molecule has 0 heterocycles. The van der Waals surface area contributed by atoms with Crippen LogP contribution in [0.3, 0.4) is 0 Å². The van der Waals surface area contributed by atoms with Gasteiger partial charge in [-0.05, 0) is 55.7 Å². The molecule has 2 aromatic carbocycles. The molecule has 0 aliphatic heterocycles. The Kier molecular flexibility index (Phi) is 4.99. The summed E-state index contributed by atoms with van der Waals surface area (Å²) in [5, 5.41) is 3.31. The number of halogens is 1. The number of ether oxygens (including phenoxy) is 1. The molecule has 0 radical (unpaired) electrons. The molecule has 0 bridgehead atoms. The van der Waals surface area contributed by atoms with Crippen molar-refractivity contribution in [1.82, 2.24) is 0 Å². The monoisotopic (exact) mass is 273 g/mol. The molecule has 0 fully saturated rings.